The fourth-order valence-electron chi connectivity index (χ4n) is 1.83. The van der Waals surface area contributed by atoms with Crippen molar-refractivity contribution in [3.63, 3.8) is 0 Å². The Balaban J connectivity index is 2.40. The van der Waals surface area contributed by atoms with Crippen molar-refractivity contribution in [2.45, 2.75) is 39.5 Å². The summed E-state index contributed by atoms with van der Waals surface area (Å²) in [5.74, 6) is -0.00497. The zero-order chi connectivity index (χ0) is 15.1. The third kappa shape index (κ3) is 6.17. The van der Waals surface area contributed by atoms with Crippen LogP contribution in [0.25, 0.3) is 0 Å². The number of carbonyl (C=O) groups is 1. The normalized spacial score (nSPS) is 12.8. The number of aliphatic hydroxyl groups is 1. The molecular formula is C16H26N2O2. The van der Waals surface area contributed by atoms with Gasteiger partial charge in [-0.2, -0.15) is 0 Å². The van der Waals surface area contributed by atoms with Crippen LogP contribution in [0.4, 0.5) is 0 Å². The highest BCUT2D eigenvalue weighted by Gasteiger charge is 2.13. The maximum Gasteiger partial charge on any atom is 0.222 e. The van der Waals surface area contributed by atoms with Gasteiger partial charge in [0.1, 0.15) is 0 Å². The van der Waals surface area contributed by atoms with E-state index in [1.807, 2.05) is 40.1 Å². The van der Waals surface area contributed by atoms with E-state index in [-0.39, 0.29) is 18.2 Å². The van der Waals surface area contributed by atoms with Gasteiger partial charge in [-0.05, 0) is 31.1 Å². The fraction of sp³-hybridized carbons (Fsp3) is 0.562. The van der Waals surface area contributed by atoms with E-state index in [9.17, 15) is 9.90 Å². The van der Waals surface area contributed by atoms with Gasteiger partial charge in [0.05, 0.1) is 12.5 Å². The third-order valence-corrected chi connectivity index (χ3v) is 3.18. The van der Waals surface area contributed by atoms with Crippen molar-refractivity contribution >= 4 is 5.91 Å². The summed E-state index contributed by atoms with van der Waals surface area (Å²) in [5, 5.41) is 12.5. The Morgan fingerprint density at radius 2 is 1.75 bits per heavy atom. The van der Waals surface area contributed by atoms with Crippen molar-refractivity contribution in [3.05, 3.63) is 35.4 Å². The smallest absolute Gasteiger partial charge is 0.222 e. The van der Waals surface area contributed by atoms with Crippen molar-refractivity contribution in [2.24, 2.45) is 5.92 Å². The maximum atomic E-state index is 11.7. The predicted octanol–water partition coefficient (Wildman–Crippen LogP) is 1.77. The van der Waals surface area contributed by atoms with Gasteiger partial charge in [0, 0.05) is 13.1 Å². The average molecular weight is 278 g/mol. The Hall–Kier alpha value is -1.39. The molecule has 0 bridgehead atoms. The molecule has 112 valence electrons. The molecule has 0 heterocycles. The summed E-state index contributed by atoms with van der Waals surface area (Å²) < 4.78 is 0. The van der Waals surface area contributed by atoms with Crippen LogP contribution in [0.1, 0.15) is 31.4 Å². The zero-order valence-corrected chi connectivity index (χ0v) is 12.9. The molecule has 1 aromatic rings. The minimum absolute atomic E-state index is 0.103. The summed E-state index contributed by atoms with van der Waals surface area (Å²) in [7, 11) is 4.07. The van der Waals surface area contributed by atoms with Crippen LogP contribution in [0.15, 0.2) is 24.3 Å². The first-order chi connectivity index (χ1) is 9.38. The minimum atomic E-state index is -0.572. The van der Waals surface area contributed by atoms with E-state index >= 15 is 0 Å². The second-order valence-corrected chi connectivity index (χ2v) is 5.85. The van der Waals surface area contributed by atoms with E-state index < -0.39 is 6.10 Å². The van der Waals surface area contributed by atoms with Crippen LogP contribution in [0.3, 0.4) is 0 Å². The van der Waals surface area contributed by atoms with Gasteiger partial charge in [0.15, 0.2) is 0 Å². The molecule has 1 amide bonds. The monoisotopic (exact) mass is 278 g/mol. The highest BCUT2D eigenvalue weighted by molar-refractivity contribution is 5.76. The Kier molecular flexibility index (Phi) is 6.68. The van der Waals surface area contributed by atoms with Gasteiger partial charge >= 0.3 is 0 Å². The number of amides is 1. The van der Waals surface area contributed by atoms with E-state index in [0.717, 1.165) is 12.1 Å². The molecule has 0 aliphatic heterocycles. The van der Waals surface area contributed by atoms with Crippen LogP contribution in [-0.4, -0.2) is 36.1 Å². The molecule has 0 saturated heterocycles. The van der Waals surface area contributed by atoms with E-state index in [1.54, 1.807) is 0 Å². The highest BCUT2D eigenvalue weighted by Crippen LogP contribution is 2.07. The van der Waals surface area contributed by atoms with Crippen LogP contribution >= 0.6 is 0 Å². The molecule has 1 atom stereocenters. The summed E-state index contributed by atoms with van der Waals surface area (Å²) >= 11 is 0. The van der Waals surface area contributed by atoms with Crippen molar-refractivity contribution in [2.75, 3.05) is 14.1 Å². The Morgan fingerprint density at radius 1 is 1.20 bits per heavy atom. The topological polar surface area (TPSA) is 52.6 Å². The summed E-state index contributed by atoms with van der Waals surface area (Å²) in [6.07, 6.45) is -0.409. The standard InChI is InChI=1S/C16H26N2O2/c1-12(2)15(19)9-16(20)17-10-13-5-7-14(8-6-13)11-18(3)4/h5-8,12,15,19H,9-11H2,1-4H3,(H,17,20). The number of hydrogen-bond acceptors (Lipinski definition) is 3. The van der Waals surface area contributed by atoms with E-state index in [2.05, 4.69) is 22.3 Å². The minimum Gasteiger partial charge on any atom is -0.392 e. The lowest BCUT2D eigenvalue weighted by Crippen LogP contribution is -2.29. The molecule has 4 nitrogen and oxygen atoms in total. The molecule has 1 aromatic carbocycles. The van der Waals surface area contributed by atoms with Crippen LogP contribution in [0.2, 0.25) is 0 Å². The Morgan fingerprint density at radius 3 is 2.25 bits per heavy atom. The van der Waals surface area contributed by atoms with Gasteiger partial charge in [-0.15, -0.1) is 0 Å². The quantitative estimate of drug-likeness (QED) is 0.799. The lowest BCUT2D eigenvalue weighted by Gasteiger charge is -2.14. The van der Waals surface area contributed by atoms with Crippen molar-refractivity contribution in [1.29, 1.82) is 0 Å². The molecule has 0 aromatic heterocycles. The number of aliphatic hydroxyl groups excluding tert-OH is 1. The van der Waals surface area contributed by atoms with Gasteiger partial charge in [-0.3, -0.25) is 4.79 Å². The van der Waals surface area contributed by atoms with Gasteiger partial charge < -0.3 is 15.3 Å². The first-order valence-electron chi connectivity index (χ1n) is 7.05. The Bertz CT molecular complexity index is 413. The highest BCUT2D eigenvalue weighted by atomic mass is 16.3. The van der Waals surface area contributed by atoms with Crippen LogP contribution in [0.5, 0.6) is 0 Å². The molecule has 4 heteroatoms. The van der Waals surface area contributed by atoms with Crippen molar-refractivity contribution in [1.82, 2.24) is 10.2 Å². The SMILES string of the molecule is CC(C)C(O)CC(=O)NCc1ccc(CN(C)C)cc1. The number of carbonyl (C=O) groups excluding carboxylic acids is 1. The number of nitrogens with zero attached hydrogens (tertiary/aromatic N) is 1. The fourth-order valence-corrected chi connectivity index (χ4v) is 1.83. The molecular weight excluding hydrogens is 252 g/mol. The van der Waals surface area contributed by atoms with E-state index in [4.69, 9.17) is 0 Å². The predicted molar refractivity (Wildman–Crippen MR) is 81.1 cm³/mol. The molecule has 0 aliphatic rings. The Labute approximate surface area is 121 Å². The third-order valence-electron chi connectivity index (χ3n) is 3.18. The van der Waals surface area contributed by atoms with E-state index in [0.29, 0.717) is 6.54 Å². The molecule has 1 unspecified atom stereocenters. The number of benzene rings is 1. The molecule has 2 N–H and O–H groups in total. The van der Waals surface area contributed by atoms with Crippen LogP contribution in [-0.2, 0) is 17.9 Å². The zero-order valence-electron chi connectivity index (χ0n) is 12.9. The largest absolute Gasteiger partial charge is 0.392 e. The van der Waals surface area contributed by atoms with Gasteiger partial charge in [-0.25, -0.2) is 0 Å². The summed E-state index contributed by atoms with van der Waals surface area (Å²) in [6, 6.07) is 8.20. The first-order valence-corrected chi connectivity index (χ1v) is 7.05. The lowest BCUT2D eigenvalue weighted by atomic mass is 10.0. The van der Waals surface area contributed by atoms with E-state index in [1.165, 1.54) is 5.56 Å². The second-order valence-electron chi connectivity index (χ2n) is 5.85. The number of hydrogen-bond donors (Lipinski definition) is 2. The lowest BCUT2D eigenvalue weighted by molar-refractivity contribution is -0.123. The summed E-state index contributed by atoms with van der Waals surface area (Å²) in [5.41, 5.74) is 2.32. The summed E-state index contributed by atoms with van der Waals surface area (Å²) in [6.45, 7) is 5.22. The van der Waals surface area contributed by atoms with Crippen molar-refractivity contribution < 1.29 is 9.90 Å². The molecule has 1 rings (SSSR count). The number of rotatable bonds is 7. The number of nitrogens with one attached hydrogen (secondary N) is 1. The first kappa shape index (κ1) is 16.7. The molecule has 0 radical (unpaired) electrons. The van der Waals surface area contributed by atoms with Crippen molar-refractivity contribution in [3.8, 4) is 0 Å². The molecule has 0 aliphatic carbocycles. The maximum absolute atomic E-state index is 11.7. The van der Waals surface area contributed by atoms with Crippen LogP contribution in [0, 0.1) is 5.92 Å². The molecule has 20 heavy (non-hydrogen) atoms. The van der Waals surface area contributed by atoms with Gasteiger partial charge in [0.25, 0.3) is 0 Å². The van der Waals surface area contributed by atoms with Gasteiger partial charge in [-0.1, -0.05) is 38.1 Å². The molecule has 0 saturated carbocycles. The molecule has 0 spiro atoms. The average Bonchev–Trinajstić information content (AvgIpc) is 2.37. The van der Waals surface area contributed by atoms with Gasteiger partial charge in [0.2, 0.25) is 5.91 Å². The molecule has 0 fully saturated rings. The van der Waals surface area contributed by atoms with Crippen LogP contribution < -0.4 is 5.32 Å². The second kappa shape index (κ2) is 8.02. The summed E-state index contributed by atoms with van der Waals surface area (Å²) in [4.78, 5) is 13.8.